The van der Waals surface area contributed by atoms with E-state index in [0.717, 1.165) is 17.5 Å². The van der Waals surface area contributed by atoms with Crippen LogP contribution in [0.4, 0.5) is 0 Å². The lowest BCUT2D eigenvalue weighted by atomic mass is 9.74. The molecule has 2 aromatic carbocycles. The van der Waals surface area contributed by atoms with E-state index in [-0.39, 0.29) is 0 Å². The Kier molecular flexibility index (Phi) is 3.87. The van der Waals surface area contributed by atoms with Gasteiger partial charge in [0.05, 0.1) is 10.4 Å². The minimum atomic E-state index is 0.763. The fourth-order valence-electron chi connectivity index (χ4n) is 4.80. The van der Waals surface area contributed by atoms with E-state index in [1.54, 1.807) is 11.1 Å². The molecule has 136 valence electrons. The van der Waals surface area contributed by atoms with Crippen molar-refractivity contribution in [1.82, 2.24) is 4.98 Å². The Bertz CT molecular complexity index is 1170. The maximum absolute atomic E-state index is 4.76. The highest BCUT2D eigenvalue weighted by molar-refractivity contribution is 7.26. The van der Waals surface area contributed by atoms with Crippen LogP contribution in [0.5, 0.6) is 0 Å². The van der Waals surface area contributed by atoms with Gasteiger partial charge in [-0.15, -0.1) is 11.3 Å². The average molecular weight is 372 g/mol. The highest BCUT2D eigenvalue weighted by Gasteiger charge is 2.27. The number of rotatable bonds is 1. The van der Waals surface area contributed by atoms with Gasteiger partial charge in [0.25, 0.3) is 0 Å². The van der Waals surface area contributed by atoms with Crippen molar-refractivity contribution < 1.29 is 0 Å². The number of aryl methyl sites for hydroxylation is 2. The van der Waals surface area contributed by atoms with Crippen molar-refractivity contribution in [3.63, 3.8) is 0 Å². The molecule has 1 aliphatic rings. The van der Waals surface area contributed by atoms with Gasteiger partial charge in [-0.1, -0.05) is 44.2 Å². The zero-order valence-corrected chi connectivity index (χ0v) is 17.3. The largest absolute Gasteiger partial charge is 0.255 e. The highest BCUT2D eigenvalue weighted by Crippen LogP contribution is 2.46. The van der Waals surface area contributed by atoms with Crippen molar-refractivity contribution in [3.8, 4) is 11.3 Å². The van der Waals surface area contributed by atoms with Crippen LogP contribution < -0.4 is 0 Å². The van der Waals surface area contributed by atoms with Gasteiger partial charge < -0.3 is 0 Å². The maximum Gasteiger partial charge on any atom is 0.0880 e. The zero-order chi connectivity index (χ0) is 18.7. The standard InChI is InChI=1S/C25H25NS/c1-14-12-20-16(3)22-19-10-11-26-23(18-8-6-5-7-9-18)25(19)27-24(22)17(4)21(20)13-15(14)2/h5-11,14-15H,12-13H2,1-4H3. The summed E-state index contributed by atoms with van der Waals surface area (Å²) in [5, 5.41) is 2.84. The summed E-state index contributed by atoms with van der Waals surface area (Å²) in [7, 11) is 0. The third kappa shape index (κ3) is 2.46. The second-order valence-electron chi connectivity index (χ2n) is 8.28. The molecule has 0 radical (unpaired) electrons. The minimum absolute atomic E-state index is 0.763. The van der Waals surface area contributed by atoms with Gasteiger partial charge in [-0.3, -0.25) is 4.98 Å². The van der Waals surface area contributed by atoms with Gasteiger partial charge in [-0.25, -0.2) is 0 Å². The Morgan fingerprint density at radius 1 is 0.852 bits per heavy atom. The first kappa shape index (κ1) is 16.9. The lowest BCUT2D eigenvalue weighted by molar-refractivity contribution is 0.360. The van der Waals surface area contributed by atoms with Crippen molar-refractivity contribution in [2.24, 2.45) is 11.8 Å². The Hall–Kier alpha value is -2.19. The topological polar surface area (TPSA) is 12.9 Å². The van der Waals surface area contributed by atoms with Crippen LogP contribution in [0.2, 0.25) is 0 Å². The van der Waals surface area contributed by atoms with Gasteiger partial charge in [0.15, 0.2) is 0 Å². The van der Waals surface area contributed by atoms with Crippen LogP contribution in [0.1, 0.15) is 36.1 Å². The number of fused-ring (bicyclic) bond motifs is 4. The quantitative estimate of drug-likeness (QED) is 0.347. The van der Waals surface area contributed by atoms with Crippen molar-refractivity contribution in [2.45, 2.75) is 40.5 Å². The number of aromatic nitrogens is 1. The number of nitrogens with zero attached hydrogens (tertiary/aromatic N) is 1. The highest BCUT2D eigenvalue weighted by atomic mass is 32.1. The number of thiophene rings is 1. The van der Waals surface area contributed by atoms with E-state index in [0.29, 0.717) is 0 Å². The van der Waals surface area contributed by atoms with E-state index in [4.69, 9.17) is 4.98 Å². The third-order valence-corrected chi connectivity index (χ3v) is 7.99. The van der Waals surface area contributed by atoms with Crippen LogP contribution in [-0.4, -0.2) is 4.98 Å². The number of hydrogen-bond acceptors (Lipinski definition) is 2. The van der Waals surface area contributed by atoms with E-state index < -0.39 is 0 Å². The summed E-state index contributed by atoms with van der Waals surface area (Å²) < 4.78 is 2.79. The lowest BCUT2D eigenvalue weighted by Crippen LogP contribution is -2.22. The first-order valence-electron chi connectivity index (χ1n) is 9.93. The molecule has 2 heterocycles. The van der Waals surface area contributed by atoms with E-state index in [2.05, 4.69) is 64.1 Å². The van der Waals surface area contributed by atoms with Crippen molar-refractivity contribution >= 4 is 31.5 Å². The summed E-state index contributed by atoms with van der Waals surface area (Å²) in [6, 6.07) is 12.8. The minimum Gasteiger partial charge on any atom is -0.255 e. The van der Waals surface area contributed by atoms with E-state index in [1.807, 2.05) is 17.5 Å². The predicted molar refractivity (Wildman–Crippen MR) is 118 cm³/mol. The lowest BCUT2D eigenvalue weighted by Gasteiger charge is -2.31. The first-order chi connectivity index (χ1) is 13.1. The molecule has 2 heteroatoms. The molecule has 0 N–H and O–H groups in total. The second kappa shape index (κ2) is 6.17. The summed E-state index contributed by atoms with van der Waals surface area (Å²) in [5.74, 6) is 1.53. The molecule has 0 spiro atoms. The van der Waals surface area contributed by atoms with Gasteiger partial charge >= 0.3 is 0 Å². The maximum atomic E-state index is 4.76. The molecule has 2 aromatic heterocycles. The number of benzene rings is 2. The van der Waals surface area contributed by atoms with Crippen molar-refractivity contribution in [3.05, 3.63) is 64.8 Å². The average Bonchev–Trinajstić information content (AvgIpc) is 3.08. The molecule has 1 aliphatic carbocycles. The zero-order valence-electron chi connectivity index (χ0n) is 16.5. The van der Waals surface area contributed by atoms with E-state index in [9.17, 15) is 0 Å². The van der Waals surface area contributed by atoms with Crippen LogP contribution in [0, 0.1) is 25.7 Å². The SMILES string of the molecule is Cc1c2c(c(C)c3c1sc1c(-c4ccccc4)nccc13)CC(C)C(C)C2. The van der Waals surface area contributed by atoms with E-state index in [1.165, 1.54) is 49.7 Å². The molecule has 2 unspecified atom stereocenters. The fraction of sp³-hybridized carbons (Fsp3) is 0.320. The molecule has 0 fully saturated rings. The molecule has 4 aromatic rings. The Labute approximate surface area is 165 Å². The Morgan fingerprint density at radius 3 is 2.22 bits per heavy atom. The second-order valence-corrected chi connectivity index (χ2v) is 9.30. The molecule has 27 heavy (non-hydrogen) atoms. The summed E-state index contributed by atoms with van der Waals surface area (Å²) >= 11 is 1.94. The smallest absolute Gasteiger partial charge is 0.0880 e. The summed E-state index contributed by atoms with van der Waals surface area (Å²) in [4.78, 5) is 4.76. The summed E-state index contributed by atoms with van der Waals surface area (Å²) in [6.07, 6.45) is 4.42. The van der Waals surface area contributed by atoms with Gasteiger partial charge in [-0.05, 0) is 66.8 Å². The monoisotopic (exact) mass is 371 g/mol. The first-order valence-corrected chi connectivity index (χ1v) is 10.8. The molecule has 0 amide bonds. The number of pyridine rings is 1. The van der Waals surface area contributed by atoms with Crippen LogP contribution >= 0.6 is 11.3 Å². The Balaban J connectivity index is 1.87. The Morgan fingerprint density at radius 2 is 1.52 bits per heavy atom. The molecule has 0 saturated heterocycles. The summed E-state index contributed by atoms with van der Waals surface area (Å²) in [6.45, 7) is 9.51. The van der Waals surface area contributed by atoms with Crippen LogP contribution in [0.15, 0.2) is 42.6 Å². The van der Waals surface area contributed by atoms with Gasteiger partial charge in [0.1, 0.15) is 0 Å². The fourth-order valence-corrected chi connectivity index (χ4v) is 6.19. The molecule has 0 bridgehead atoms. The molecule has 5 rings (SSSR count). The normalized spacial score (nSPS) is 19.6. The predicted octanol–water partition coefficient (Wildman–Crippen LogP) is 7.10. The van der Waals surface area contributed by atoms with Gasteiger partial charge in [0, 0.05) is 27.2 Å². The molecule has 2 atom stereocenters. The van der Waals surface area contributed by atoms with Gasteiger partial charge in [-0.2, -0.15) is 0 Å². The van der Waals surface area contributed by atoms with Crippen LogP contribution in [0.3, 0.4) is 0 Å². The van der Waals surface area contributed by atoms with Crippen LogP contribution in [0.25, 0.3) is 31.4 Å². The molecule has 1 nitrogen and oxygen atoms in total. The third-order valence-electron chi connectivity index (χ3n) is 6.66. The van der Waals surface area contributed by atoms with E-state index >= 15 is 0 Å². The van der Waals surface area contributed by atoms with Crippen LogP contribution in [-0.2, 0) is 12.8 Å². The van der Waals surface area contributed by atoms with Crippen molar-refractivity contribution in [2.75, 3.05) is 0 Å². The molecule has 0 saturated carbocycles. The van der Waals surface area contributed by atoms with Gasteiger partial charge in [0.2, 0.25) is 0 Å². The summed E-state index contributed by atoms with van der Waals surface area (Å²) in [5.41, 5.74) is 8.56. The molecular weight excluding hydrogens is 346 g/mol. The van der Waals surface area contributed by atoms with Crippen molar-refractivity contribution in [1.29, 1.82) is 0 Å². The molecular formula is C25H25NS. The number of hydrogen-bond donors (Lipinski definition) is 0. The molecule has 0 aliphatic heterocycles.